The second-order valence-corrected chi connectivity index (χ2v) is 8.01. The van der Waals surface area contributed by atoms with Crippen LogP contribution in [0, 0.1) is 13.8 Å². The molecule has 0 bridgehead atoms. The number of aryl methyl sites for hydroxylation is 2. The SMILES string of the molecule is COc1ccc(-n2c(-c3ccc(C)cc3)c(-c3ccc(C)cc3)c3ccccc32)cc1. The van der Waals surface area contributed by atoms with Crippen LogP contribution >= 0.6 is 0 Å². The van der Waals surface area contributed by atoms with Gasteiger partial charge in [0.1, 0.15) is 5.75 Å². The lowest BCUT2D eigenvalue weighted by Crippen LogP contribution is -1.98. The molecule has 4 aromatic carbocycles. The first-order chi connectivity index (χ1) is 15.2. The molecule has 152 valence electrons. The second-order valence-electron chi connectivity index (χ2n) is 8.01. The molecule has 0 N–H and O–H groups in total. The molecule has 0 amide bonds. The maximum atomic E-state index is 5.40. The fourth-order valence-corrected chi connectivity index (χ4v) is 4.24. The number of fused-ring (bicyclic) bond motifs is 1. The van der Waals surface area contributed by atoms with Crippen LogP contribution in [0.15, 0.2) is 97.1 Å². The van der Waals surface area contributed by atoms with Gasteiger partial charge in [0.15, 0.2) is 0 Å². The maximum absolute atomic E-state index is 5.40. The number of aromatic nitrogens is 1. The van der Waals surface area contributed by atoms with Gasteiger partial charge in [0.2, 0.25) is 0 Å². The monoisotopic (exact) mass is 403 g/mol. The van der Waals surface area contributed by atoms with E-state index in [4.69, 9.17) is 4.74 Å². The van der Waals surface area contributed by atoms with Gasteiger partial charge in [-0.15, -0.1) is 0 Å². The highest BCUT2D eigenvalue weighted by atomic mass is 16.5. The van der Waals surface area contributed by atoms with Crippen LogP contribution in [0.25, 0.3) is 39.0 Å². The number of hydrogen-bond donors (Lipinski definition) is 0. The van der Waals surface area contributed by atoms with E-state index in [1.807, 2.05) is 12.1 Å². The molecule has 2 heteroatoms. The molecule has 0 atom stereocenters. The third-order valence-electron chi connectivity index (χ3n) is 5.87. The number of ether oxygens (including phenoxy) is 1. The first kappa shape index (κ1) is 19.2. The highest BCUT2D eigenvalue weighted by Gasteiger charge is 2.21. The molecule has 5 rings (SSSR count). The summed E-state index contributed by atoms with van der Waals surface area (Å²) in [5.41, 5.74) is 9.72. The molecule has 0 fully saturated rings. The molecule has 0 radical (unpaired) electrons. The Balaban J connectivity index is 1.89. The molecular weight excluding hydrogens is 378 g/mol. The minimum Gasteiger partial charge on any atom is -0.497 e. The predicted octanol–water partition coefficient (Wildman–Crippen LogP) is 7.59. The molecule has 0 aliphatic carbocycles. The highest BCUT2D eigenvalue weighted by molar-refractivity contribution is 6.05. The van der Waals surface area contributed by atoms with Crippen molar-refractivity contribution in [1.29, 1.82) is 0 Å². The van der Waals surface area contributed by atoms with Crippen molar-refractivity contribution < 1.29 is 4.74 Å². The standard InChI is InChI=1S/C29H25NO/c1-20-8-12-22(13-9-20)28-26-6-4-5-7-27(26)30(24-16-18-25(31-3)19-17-24)29(28)23-14-10-21(2)11-15-23/h4-19H,1-3H3. The summed E-state index contributed by atoms with van der Waals surface area (Å²) in [6.07, 6.45) is 0. The first-order valence-corrected chi connectivity index (χ1v) is 10.6. The smallest absolute Gasteiger partial charge is 0.119 e. The molecule has 31 heavy (non-hydrogen) atoms. The molecule has 0 aliphatic rings. The Morgan fingerprint density at radius 1 is 0.613 bits per heavy atom. The van der Waals surface area contributed by atoms with E-state index in [1.54, 1.807) is 7.11 Å². The fourth-order valence-electron chi connectivity index (χ4n) is 4.24. The summed E-state index contributed by atoms with van der Waals surface area (Å²) in [7, 11) is 1.70. The minimum atomic E-state index is 0.857. The zero-order valence-electron chi connectivity index (χ0n) is 18.1. The topological polar surface area (TPSA) is 14.2 Å². The first-order valence-electron chi connectivity index (χ1n) is 10.6. The van der Waals surface area contributed by atoms with Crippen molar-refractivity contribution in [2.45, 2.75) is 13.8 Å². The van der Waals surface area contributed by atoms with Gasteiger partial charge in [0, 0.05) is 16.6 Å². The van der Waals surface area contributed by atoms with Crippen molar-refractivity contribution in [1.82, 2.24) is 4.57 Å². The lowest BCUT2D eigenvalue weighted by molar-refractivity contribution is 0.415. The Morgan fingerprint density at radius 2 is 1.19 bits per heavy atom. The van der Waals surface area contributed by atoms with E-state index < -0.39 is 0 Å². The van der Waals surface area contributed by atoms with E-state index in [1.165, 1.54) is 44.4 Å². The van der Waals surface area contributed by atoms with Gasteiger partial charge in [-0.2, -0.15) is 0 Å². The van der Waals surface area contributed by atoms with Gasteiger partial charge in [-0.25, -0.2) is 0 Å². The van der Waals surface area contributed by atoms with Crippen molar-refractivity contribution in [3.05, 3.63) is 108 Å². The number of rotatable bonds is 4. The largest absolute Gasteiger partial charge is 0.497 e. The van der Waals surface area contributed by atoms with Crippen LogP contribution < -0.4 is 4.74 Å². The summed E-state index contributed by atoms with van der Waals surface area (Å²) in [4.78, 5) is 0. The lowest BCUT2D eigenvalue weighted by Gasteiger charge is -2.14. The Bertz CT molecular complexity index is 1340. The molecule has 0 spiro atoms. The molecule has 0 saturated carbocycles. The van der Waals surface area contributed by atoms with Crippen molar-refractivity contribution in [3.8, 4) is 33.8 Å². The average molecular weight is 404 g/mol. The molecule has 0 unspecified atom stereocenters. The number of benzene rings is 4. The van der Waals surface area contributed by atoms with Gasteiger partial charge in [-0.05, 0) is 55.3 Å². The summed E-state index contributed by atoms with van der Waals surface area (Å²) in [6.45, 7) is 4.26. The van der Waals surface area contributed by atoms with Crippen molar-refractivity contribution >= 4 is 10.9 Å². The van der Waals surface area contributed by atoms with Crippen LogP contribution in [0.3, 0.4) is 0 Å². The van der Waals surface area contributed by atoms with Crippen LogP contribution in [0.5, 0.6) is 5.75 Å². The van der Waals surface area contributed by atoms with E-state index >= 15 is 0 Å². The zero-order chi connectivity index (χ0) is 21.4. The Labute approximate surface area is 183 Å². The number of methoxy groups -OCH3 is 1. The molecule has 0 aliphatic heterocycles. The second kappa shape index (κ2) is 7.81. The predicted molar refractivity (Wildman–Crippen MR) is 130 cm³/mol. The molecule has 2 nitrogen and oxygen atoms in total. The number of nitrogens with zero attached hydrogens (tertiary/aromatic N) is 1. The van der Waals surface area contributed by atoms with Crippen LogP contribution in [-0.4, -0.2) is 11.7 Å². The van der Waals surface area contributed by atoms with Gasteiger partial charge >= 0.3 is 0 Å². The van der Waals surface area contributed by atoms with Gasteiger partial charge in [-0.1, -0.05) is 77.9 Å². The fraction of sp³-hybridized carbons (Fsp3) is 0.103. The van der Waals surface area contributed by atoms with Crippen LogP contribution in [0.4, 0.5) is 0 Å². The lowest BCUT2D eigenvalue weighted by atomic mass is 9.97. The Morgan fingerprint density at radius 3 is 1.81 bits per heavy atom. The van der Waals surface area contributed by atoms with Gasteiger partial charge in [0.05, 0.1) is 18.3 Å². The molecule has 1 heterocycles. The highest BCUT2D eigenvalue weighted by Crippen LogP contribution is 2.42. The van der Waals surface area contributed by atoms with Crippen LogP contribution in [-0.2, 0) is 0 Å². The summed E-state index contributed by atoms with van der Waals surface area (Å²) >= 11 is 0. The molecule has 5 aromatic rings. The minimum absolute atomic E-state index is 0.857. The van der Waals surface area contributed by atoms with E-state index in [2.05, 4.69) is 103 Å². The number of para-hydroxylation sites is 1. The van der Waals surface area contributed by atoms with E-state index in [-0.39, 0.29) is 0 Å². The van der Waals surface area contributed by atoms with Gasteiger partial charge in [0.25, 0.3) is 0 Å². The summed E-state index contributed by atoms with van der Waals surface area (Å²) in [5, 5.41) is 1.25. The van der Waals surface area contributed by atoms with Gasteiger partial charge in [-0.3, -0.25) is 0 Å². The molecular formula is C29H25NO. The molecule has 0 saturated heterocycles. The van der Waals surface area contributed by atoms with Crippen LogP contribution in [0.2, 0.25) is 0 Å². The van der Waals surface area contributed by atoms with E-state index in [0.29, 0.717) is 0 Å². The average Bonchev–Trinajstić information content (AvgIpc) is 3.15. The summed E-state index contributed by atoms with van der Waals surface area (Å²) in [5.74, 6) is 0.857. The third kappa shape index (κ3) is 3.40. The zero-order valence-corrected chi connectivity index (χ0v) is 18.1. The van der Waals surface area contributed by atoms with E-state index in [0.717, 1.165) is 11.4 Å². The van der Waals surface area contributed by atoms with Crippen LogP contribution in [0.1, 0.15) is 11.1 Å². The third-order valence-corrected chi connectivity index (χ3v) is 5.87. The van der Waals surface area contributed by atoms with E-state index in [9.17, 15) is 0 Å². The maximum Gasteiger partial charge on any atom is 0.119 e. The Kier molecular flexibility index (Phi) is 4.83. The Hall–Kier alpha value is -3.78. The summed E-state index contributed by atoms with van der Waals surface area (Å²) in [6, 6.07) is 34.6. The van der Waals surface area contributed by atoms with Crippen molar-refractivity contribution in [3.63, 3.8) is 0 Å². The quantitative estimate of drug-likeness (QED) is 0.301. The van der Waals surface area contributed by atoms with Gasteiger partial charge < -0.3 is 9.30 Å². The molecule has 1 aromatic heterocycles. The van der Waals surface area contributed by atoms with Crippen molar-refractivity contribution in [2.75, 3.05) is 7.11 Å². The number of hydrogen-bond acceptors (Lipinski definition) is 1. The van der Waals surface area contributed by atoms with Crippen molar-refractivity contribution in [2.24, 2.45) is 0 Å². The summed E-state index contributed by atoms with van der Waals surface area (Å²) < 4.78 is 7.77. The normalized spacial score (nSPS) is 11.1.